The molecule has 0 bridgehead atoms. The third-order valence-electron chi connectivity index (χ3n) is 5.02. The van der Waals surface area contributed by atoms with Crippen LogP contribution in [0, 0.1) is 5.82 Å². The van der Waals surface area contributed by atoms with Crippen molar-refractivity contribution in [3.05, 3.63) is 96.2 Å². The van der Waals surface area contributed by atoms with E-state index in [0.717, 1.165) is 23.9 Å². The summed E-state index contributed by atoms with van der Waals surface area (Å²) >= 11 is 1.09. The molecule has 0 atom stereocenters. The van der Waals surface area contributed by atoms with Gasteiger partial charge in [0.2, 0.25) is 11.7 Å². The van der Waals surface area contributed by atoms with Crippen molar-refractivity contribution in [1.82, 2.24) is 19.7 Å². The lowest BCUT2D eigenvalue weighted by Gasteiger charge is -2.12. The summed E-state index contributed by atoms with van der Waals surface area (Å²) in [5.41, 5.74) is -0.273. The molecule has 5 aromatic rings. The van der Waals surface area contributed by atoms with Crippen molar-refractivity contribution in [2.24, 2.45) is 0 Å². The van der Waals surface area contributed by atoms with Gasteiger partial charge < -0.3 is 14.2 Å². The lowest BCUT2D eigenvalue weighted by Crippen LogP contribution is -2.12. The van der Waals surface area contributed by atoms with E-state index < -0.39 is 23.5 Å². The molecular weight excluding hydrogens is 514 g/mol. The first kappa shape index (κ1) is 24.3. The third kappa shape index (κ3) is 5.40. The van der Waals surface area contributed by atoms with Gasteiger partial charge in [0.05, 0.1) is 23.3 Å². The van der Waals surface area contributed by atoms with Crippen LogP contribution >= 0.6 is 11.8 Å². The summed E-state index contributed by atoms with van der Waals surface area (Å²) in [4.78, 5) is 16.6. The minimum atomic E-state index is -4.54. The number of amides is 1. The lowest BCUT2D eigenvalue weighted by molar-refractivity contribution is -0.137. The Hall–Kier alpha value is -4.39. The molecule has 3 heterocycles. The molecule has 1 N–H and O–H groups in total. The van der Waals surface area contributed by atoms with Crippen LogP contribution in [-0.2, 0) is 11.9 Å². The number of nitrogens with zero attached hydrogens (tertiary/aromatic N) is 4. The third-order valence-corrected chi connectivity index (χ3v) is 5.93. The van der Waals surface area contributed by atoms with Crippen molar-refractivity contribution in [1.29, 1.82) is 0 Å². The van der Waals surface area contributed by atoms with Gasteiger partial charge in [0.25, 0.3) is 5.91 Å². The Morgan fingerprint density at radius 3 is 2.57 bits per heavy atom. The van der Waals surface area contributed by atoms with Gasteiger partial charge >= 0.3 is 6.18 Å². The summed E-state index contributed by atoms with van der Waals surface area (Å²) in [6.45, 7) is 0. The normalized spacial score (nSPS) is 11.6. The SMILES string of the molecule is O=C(Nc1ccc(F)cc1)c1coc(CSc2nnc(-c3ccco3)n2-c2cccc(C(F)(F)F)c2)n1. The maximum Gasteiger partial charge on any atom is 0.416 e. The first-order valence-corrected chi connectivity index (χ1v) is 11.6. The summed E-state index contributed by atoms with van der Waals surface area (Å²) in [6, 6.07) is 13.2. The van der Waals surface area contributed by atoms with Crippen LogP contribution in [-0.4, -0.2) is 25.7 Å². The highest BCUT2D eigenvalue weighted by Gasteiger charge is 2.31. The van der Waals surface area contributed by atoms with Crippen molar-refractivity contribution in [3.63, 3.8) is 0 Å². The second-order valence-electron chi connectivity index (χ2n) is 7.54. The van der Waals surface area contributed by atoms with Gasteiger partial charge in [-0.15, -0.1) is 10.2 Å². The quantitative estimate of drug-likeness (QED) is 0.197. The van der Waals surface area contributed by atoms with Gasteiger partial charge in [0, 0.05) is 5.69 Å². The highest BCUT2D eigenvalue weighted by Crippen LogP contribution is 2.34. The van der Waals surface area contributed by atoms with E-state index in [-0.39, 0.29) is 34.0 Å². The Morgan fingerprint density at radius 2 is 1.84 bits per heavy atom. The number of carbonyl (C=O) groups is 1. The molecule has 3 aromatic heterocycles. The van der Waals surface area contributed by atoms with E-state index in [4.69, 9.17) is 8.83 Å². The molecule has 0 fully saturated rings. The molecule has 0 radical (unpaired) electrons. The molecule has 0 saturated carbocycles. The molecule has 188 valence electrons. The van der Waals surface area contributed by atoms with Crippen LogP contribution in [0.5, 0.6) is 0 Å². The average molecular weight is 529 g/mol. The molecular formula is C24H15F4N5O3S. The number of halogens is 4. The fraction of sp³-hybridized carbons (Fsp3) is 0.0833. The molecule has 0 spiro atoms. The smallest absolute Gasteiger partial charge is 0.416 e. The van der Waals surface area contributed by atoms with E-state index in [2.05, 4.69) is 20.5 Å². The zero-order valence-corrected chi connectivity index (χ0v) is 19.4. The summed E-state index contributed by atoms with van der Waals surface area (Å²) in [7, 11) is 0. The van der Waals surface area contributed by atoms with Crippen LogP contribution in [0.1, 0.15) is 21.9 Å². The topological polar surface area (TPSA) is 99.0 Å². The van der Waals surface area contributed by atoms with E-state index >= 15 is 0 Å². The van der Waals surface area contributed by atoms with Gasteiger partial charge in [-0.2, -0.15) is 13.2 Å². The van der Waals surface area contributed by atoms with Crippen molar-refractivity contribution < 1.29 is 31.2 Å². The van der Waals surface area contributed by atoms with Gasteiger partial charge in [0.15, 0.2) is 16.6 Å². The second-order valence-corrected chi connectivity index (χ2v) is 8.49. The molecule has 0 aliphatic carbocycles. The van der Waals surface area contributed by atoms with Crippen molar-refractivity contribution in [2.75, 3.05) is 5.32 Å². The largest absolute Gasteiger partial charge is 0.461 e. The molecule has 2 aromatic carbocycles. The molecule has 37 heavy (non-hydrogen) atoms. The number of aromatic nitrogens is 4. The van der Waals surface area contributed by atoms with Gasteiger partial charge in [-0.05, 0) is 54.6 Å². The predicted molar refractivity (Wildman–Crippen MR) is 124 cm³/mol. The van der Waals surface area contributed by atoms with Crippen LogP contribution in [0.25, 0.3) is 17.3 Å². The number of hydrogen-bond acceptors (Lipinski definition) is 7. The zero-order chi connectivity index (χ0) is 26.0. The molecule has 5 rings (SSSR count). The summed E-state index contributed by atoms with van der Waals surface area (Å²) < 4.78 is 65.3. The number of rotatable bonds is 7. The standard InChI is InChI=1S/C24H15F4N5O3S/c25-15-6-8-16(9-7-15)29-22(34)18-12-36-20(30-18)13-37-23-32-31-21(19-5-2-10-35-19)33(23)17-4-1-3-14(11-17)24(26,27)28/h1-12H,13H2,(H,29,34). The van der Waals surface area contributed by atoms with Crippen LogP contribution in [0.2, 0.25) is 0 Å². The van der Waals surface area contributed by atoms with E-state index in [1.807, 2.05) is 0 Å². The number of benzene rings is 2. The van der Waals surface area contributed by atoms with Crippen molar-refractivity contribution in [2.45, 2.75) is 17.1 Å². The molecule has 0 unspecified atom stereocenters. The highest BCUT2D eigenvalue weighted by atomic mass is 32.2. The number of thioether (sulfide) groups is 1. The molecule has 1 amide bonds. The van der Waals surface area contributed by atoms with Gasteiger partial charge in [0.1, 0.15) is 12.1 Å². The number of nitrogens with one attached hydrogen (secondary N) is 1. The Balaban J connectivity index is 1.38. The number of alkyl halides is 3. The predicted octanol–water partition coefficient (Wildman–Crippen LogP) is 6.22. The maximum atomic E-state index is 13.3. The Morgan fingerprint density at radius 1 is 1.03 bits per heavy atom. The number of oxazole rings is 1. The molecule has 0 aliphatic heterocycles. The van der Waals surface area contributed by atoms with Crippen LogP contribution in [0.4, 0.5) is 23.2 Å². The first-order chi connectivity index (χ1) is 17.8. The van der Waals surface area contributed by atoms with E-state index in [1.165, 1.54) is 53.5 Å². The maximum absolute atomic E-state index is 13.3. The second kappa shape index (κ2) is 9.93. The number of anilines is 1. The van der Waals surface area contributed by atoms with Gasteiger partial charge in [-0.1, -0.05) is 17.8 Å². The molecule has 13 heteroatoms. The minimum absolute atomic E-state index is 0.00413. The Bertz CT molecular complexity index is 1530. The van der Waals surface area contributed by atoms with Crippen LogP contribution in [0.15, 0.2) is 87.2 Å². The monoisotopic (exact) mass is 529 g/mol. The summed E-state index contributed by atoms with van der Waals surface area (Å²) in [6.07, 6.45) is -1.95. The number of hydrogen-bond donors (Lipinski definition) is 1. The van der Waals surface area contributed by atoms with Gasteiger partial charge in [-0.3, -0.25) is 9.36 Å². The Labute approximate surface area is 210 Å². The average Bonchev–Trinajstić information content (AvgIpc) is 3.64. The molecule has 0 saturated heterocycles. The first-order valence-electron chi connectivity index (χ1n) is 10.6. The molecule has 8 nitrogen and oxygen atoms in total. The fourth-order valence-corrected chi connectivity index (χ4v) is 4.12. The summed E-state index contributed by atoms with van der Waals surface area (Å²) in [5.74, 6) is -0.205. The van der Waals surface area contributed by atoms with E-state index in [0.29, 0.717) is 11.4 Å². The highest BCUT2D eigenvalue weighted by molar-refractivity contribution is 7.98. The fourth-order valence-electron chi connectivity index (χ4n) is 3.32. The summed E-state index contributed by atoms with van der Waals surface area (Å²) in [5, 5.41) is 11.0. The van der Waals surface area contributed by atoms with E-state index in [9.17, 15) is 22.4 Å². The number of carbonyl (C=O) groups excluding carboxylic acids is 1. The lowest BCUT2D eigenvalue weighted by atomic mass is 10.2. The van der Waals surface area contributed by atoms with Crippen molar-refractivity contribution in [3.8, 4) is 17.3 Å². The van der Waals surface area contributed by atoms with Gasteiger partial charge in [-0.25, -0.2) is 9.37 Å². The van der Waals surface area contributed by atoms with Crippen molar-refractivity contribution >= 4 is 23.4 Å². The zero-order valence-electron chi connectivity index (χ0n) is 18.6. The molecule has 0 aliphatic rings. The van der Waals surface area contributed by atoms with Crippen LogP contribution in [0.3, 0.4) is 0 Å². The minimum Gasteiger partial charge on any atom is -0.461 e. The Kier molecular flexibility index (Phi) is 6.53. The number of furan rings is 1. The van der Waals surface area contributed by atoms with E-state index in [1.54, 1.807) is 12.1 Å². The van der Waals surface area contributed by atoms with Crippen LogP contribution < -0.4 is 5.32 Å².